The Morgan fingerprint density at radius 1 is 1.40 bits per heavy atom. The predicted octanol–water partition coefficient (Wildman–Crippen LogP) is 1.87. The number of aryl methyl sites for hydroxylation is 1. The smallest absolute Gasteiger partial charge is 0.238 e. The van der Waals surface area contributed by atoms with Crippen LogP contribution in [0.3, 0.4) is 0 Å². The van der Waals surface area contributed by atoms with Crippen LogP contribution in [0.25, 0.3) is 0 Å². The van der Waals surface area contributed by atoms with E-state index in [0.29, 0.717) is 12.6 Å². The van der Waals surface area contributed by atoms with E-state index in [2.05, 4.69) is 34.6 Å². The lowest BCUT2D eigenvalue weighted by molar-refractivity contribution is -0.117. The van der Waals surface area contributed by atoms with Gasteiger partial charge in [0.1, 0.15) is 0 Å². The Bertz CT molecular complexity index is 424. The van der Waals surface area contributed by atoms with Gasteiger partial charge in [-0.25, -0.2) is 0 Å². The minimum atomic E-state index is 0.0577. The first-order valence-corrected chi connectivity index (χ1v) is 7.48. The third kappa shape index (κ3) is 4.32. The van der Waals surface area contributed by atoms with Gasteiger partial charge in [0.15, 0.2) is 0 Å². The highest BCUT2D eigenvalue weighted by Crippen LogP contribution is 2.11. The van der Waals surface area contributed by atoms with Crippen molar-refractivity contribution >= 4 is 11.6 Å². The zero-order chi connectivity index (χ0) is 14.4. The van der Waals surface area contributed by atoms with Gasteiger partial charge in [0.05, 0.1) is 6.54 Å². The fraction of sp³-hybridized carbons (Fsp3) is 0.562. The second-order valence-corrected chi connectivity index (χ2v) is 5.51. The van der Waals surface area contributed by atoms with Crippen molar-refractivity contribution in [3.63, 3.8) is 0 Å². The van der Waals surface area contributed by atoms with Gasteiger partial charge >= 0.3 is 0 Å². The molecular formula is C16H25N3O. The maximum absolute atomic E-state index is 12.0. The average molecular weight is 275 g/mol. The number of hydrogen-bond donors (Lipinski definition) is 2. The van der Waals surface area contributed by atoms with E-state index in [1.165, 1.54) is 18.4 Å². The molecule has 110 valence electrons. The maximum atomic E-state index is 12.0. The molecule has 1 aliphatic rings. The van der Waals surface area contributed by atoms with Crippen LogP contribution in [0.4, 0.5) is 5.69 Å². The van der Waals surface area contributed by atoms with E-state index in [0.717, 1.165) is 25.2 Å². The van der Waals surface area contributed by atoms with E-state index in [-0.39, 0.29) is 5.91 Å². The Morgan fingerprint density at radius 2 is 2.15 bits per heavy atom. The summed E-state index contributed by atoms with van der Waals surface area (Å²) >= 11 is 0. The van der Waals surface area contributed by atoms with E-state index in [9.17, 15) is 4.79 Å². The Kier molecular flexibility index (Phi) is 5.56. The molecule has 1 saturated heterocycles. The van der Waals surface area contributed by atoms with Gasteiger partial charge in [-0.05, 0) is 50.6 Å². The molecule has 1 heterocycles. The van der Waals surface area contributed by atoms with Crippen molar-refractivity contribution < 1.29 is 4.79 Å². The van der Waals surface area contributed by atoms with Crippen LogP contribution in [-0.4, -0.2) is 43.5 Å². The molecule has 2 rings (SSSR count). The van der Waals surface area contributed by atoms with Crippen molar-refractivity contribution in [1.82, 2.24) is 10.2 Å². The molecule has 1 amide bonds. The number of hydrogen-bond acceptors (Lipinski definition) is 3. The number of anilines is 1. The molecule has 0 aliphatic carbocycles. The van der Waals surface area contributed by atoms with Crippen molar-refractivity contribution in [2.24, 2.45) is 0 Å². The number of nitrogens with one attached hydrogen (secondary N) is 2. The topological polar surface area (TPSA) is 44.4 Å². The first-order chi connectivity index (χ1) is 9.69. The SMILES string of the molecule is CCc1ccc(NC(=O)CN(C)C2CCCNC2)cc1. The fourth-order valence-corrected chi connectivity index (χ4v) is 2.59. The molecule has 1 fully saturated rings. The van der Waals surface area contributed by atoms with Crippen molar-refractivity contribution in [2.45, 2.75) is 32.2 Å². The lowest BCUT2D eigenvalue weighted by Gasteiger charge is -2.31. The Hall–Kier alpha value is -1.39. The first kappa shape index (κ1) is 15.0. The van der Waals surface area contributed by atoms with Crippen molar-refractivity contribution in [3.05, 3.63) is 29.8 Å². The summed E-state index contributed by atoms with van der Waals surface area (Å²) in [7, 11) is 2.03. The number of carbonyl (C=O) groups excluding carboxylic acids is 1. The fourth-order valence-electron chi connectivity index (χ4n) is 2.59. The maximum Gasteiger partial charge on any atom is 0.238 e. The summed E-state index contributed by atoms with van der Waals surface area (Å²) in [4.78, 5) is 14.2. The number of nitrogens with zero attached hydrogens (tertiary/aromatic N) is 1. The molecule has 1 atom stereocenters. The second kappa shape index (κ2) is 7.41. The highest BCUT2D eigenvalue weighted by molar-refractivity contribution is 5.92. The van der Waals surface area contributed by atoms with Gasteiger partial charge < -0.3 is 10.6 Å². The summed E-state index contributed by atoms with van der Waals surface area (Å²) in [5, 5.41) is 6.34. The molecule has 4 nitrogen and oxygen atoms in total. The summed E-state index contributed by atoms with van der Waals surface area (Å²) in [6.45, 7) is 4.65. The first-order valence-electron chi connectivity index (χ1n) is 7.48. The van der Waals surface area contributed by atoms with Crippen molar-refractivity contribution in [3.8, 4) is 0 Å². The van der Waals surface area contributed by atoms with Crippen LogP contribution in [-0.2, 0) is 11.2 Å². The second-order valence-electron chi connectivity index (χ2n) is 5.51. The van der Waals surface area contributed by atoms with E-state index < -0.39 is 0 Å². The van der Waals surface area contributed by atoms with E-state index in [1.807, 2.05) is 19.2 Å². The number of amides is 1. The molecule has 1 unspecified atom stereocenters. The Labute approximate surface area is 121 Å². The number of piperidine rings is 1. The van der Waals surface area contributed by atoms with Gasteiger partial charge in [-0.15, -0.1) is 0 Å². The molecule has 4 heteroatoms. The van der Waals surface area contributed by atoms with E-state index >= 15 is 0 Å². The third-order valence-electron chi connectivity index (χ3n) is 3.93. The molecule has 0 bridgehead atoms. The van der Waals surface area contributed by atoms with Crippen LogP contribution in [0.15, 0.2) is 24.3 Å². The van der Waals surface area contributed by atoms with E-state index in [1.54, 1.807) is 0 Å². The highest BCUT2D eigenvalue weighted by atomic mass is 16.2. The van der Waals surface area contributed by atoms with Crippen molar-refractivity contribution in [2.75, 3.05) is 32.0 Å². The van der Waals surface area contributed by atoms with Crippen LogP contribution >= 0.6 is 0 Å². The van der Waals surface area contributed by atoms with Crippen LogP contribution < -0.4 is 10.6 Å². The van der Waals surface area contributed by atoms with Crippen molar-refractivity contribution in [1.29, 1.82) is 0 Å². The van der Waals surface area contributed by atoms with E-state index in [4.69, 9.17) is 0 Å². The molecule has 0 saturated carbocycles. The lowest BCUT2D eigenvalue weighted by atomic mass is 10.1. The predicted molar refractivity (Wildman–Crippen MR) is 83.0 cm³/mol. The number of rotatable bonds is 5. The number of carbonyl (C=O) groups is 1. The average Bonchev–Trinajstić information content (AvgIpc) is 2.49. The summed E-state index contributed by atoms with van der Waals surface area (Å²) in [6.07, 6.45) is 3.38. The number of likely N-dealkylation sites (N-methyl/N-ethyl adjacent to an activating group) is 1. The third-order valence-corrected chi connectivity index (χ3v) is 3.93. The Morgan fingerprint density at radius 3 is 2.75 bits per heavy atom. The quantitative estimate of drug-likeness (QED) is 0.862. The van der Waals surface area contributed by atoms with Crippen LogP contribution in [0.5, 0.6) is 0 Å². The standard InChI is InChI=1S/C16H25N3O/c1-3-13-6-8-14(9-7-13)18-16(20)12-19(2)15-5-4-10-17-11-15/h6-9,15,17H,3-5,10-12H2,1-2H3,(H,18,20). The van der Waals surface area contributed by atoms with Gasteiger partial charge in [-0.1, -0.05) is 19.1 Å². The summed E-state index contributed by atoms with van der Waals surface area (Å²) in [6, 6.07) is 8.53. The van der Waals surface area contributed by atoms with Gasteiger partial charge in [0.2, 0.25) is 5.91 Å². The molecule has 1 aliphatic heterocycles. The lowest BCUT2D eigenvalue weighted by Crippen LogP contribution is -2.46. The molecule has 0 spiro atoms. The highest BCUT2D eigenvalue weighted by Gasteiger charge is 2.19. The molecular weight excluding hydrogens is 250 g/mol. The molecule has 2 N–H and O–H groups in total. The largest absolute Gasteiger partial charge is 0.325 e. The summed E-state index contributed by atoms with van der Waals surface area (Å²) < 4.78 is 0. The molecule has 0 radical (unpaired) electrons. The normalized spacial score (nSPS) is 19.1. The minimum Gasteiger partial charge on any atom is -0.325 e. The zero-order valence-electron chi connectivity index (χ0n) is 12.5. The van der Waals surface area contributed by atoms with Crippen LogP contribution in [0, 0.1) is 0 Å². The van der Waals surface area contributed by atoms with Crippen LogP contribution in [0.2, 0.25) is 0 Å². The molecule has 0 aromatic heterocycles. The monoisotopic (exact) mass is 275 g/mol. The van der Waals surface area contributed by atoms with Crippen LogP contribution in [0.1, 0.15) is 25.3 Å². The van der Waals surface area contributed by atoms with Gasteiger partial charge in [0.25, 0.3) is 0 Å². The molecule has 1 aromatic carbocycles. The molecule has 1 aromatic rings. The zero-order valence-corrected chi connectivity index (χ0v) is 12.5. The summed E-state index contributed by atoms with van der Waals surface area (Å²) in [5.74, 6) is 0.0577. The summed E-state index contributed by atoms with van der Waals surface area (Å²) in [5.41, 5.74) is 2.16. The minimum absolute atomic E-state index is 0.0577. The molecule has 20 heavy (non-hydrogen) atoms. The van der Waals surface area contributed by atoms with Gasteiger partial charge in [-0.2, -0.15) is 0 Å². The van der Waals surface area contributed by atoms with Gasteiger partial charge in [0, 0.05) is 18.3 Å². The Balaban J connectivity index is 1.81. The number of benzene rings is 1. The van der Waals surface area contributed by atoms with Gasteiger partial charge in [-0.3, -0.25) is 9.69 Å².